The van der Waals surface area contributed by atoms with Crippen LogP contribution >= 0.6 is 0 Å². The number of piperidine rings is 1. The van der Waals surface area contributed by atoms with Crippen molar-refractivity contribution in [3.05, 3.63) is 30.5 Å². The minimum Gasteiger partial charge on any atom is -0.494 e. The Morgan fingerprint density at radius 3 is 3.05 bits per heavy atom. The lowest BCUT2D eigenvalue weighted by Crippen LogP contribution is -2.38. The number of pyridine rings is 1. The molecule has 5 heteroatoms. The molecule has 2 heterocycles. The van der Waals surface area contributed by atoms with Gasteiger partial charge in [-0.3, -0.25) is 9.78 Å². The summed E-state index contributed by atoms with van der Waals surface area (Å²) in [6.45, 7) is 1.42. The van der Waals surface area contributed by atoms with Crippen molar-refractivity contribution in [2.75, 3.05) is 25.1 Å². The third kappa shape index (κ3) is 2.51. The van der Waals surface area contributed by atoms with Crippen LogP contribution in [0.1, 0.15) is 12.8 Å². The van der Waals surface area contributed by atoms with Gasteiger partial charge in [0.2, 0.25) is 0 Å². The Labute approximate surface area is 123 Å². The van der Waals surface area contributed by atoms with Crippen molar-refractivity contribution in [3.63, 3.8) is 0 Å². The minimum absolute atomic E-state index is 0.299. The molecule has 1 atom stereocenters. The smallest absolute Gasteiger partial charge is 0.308 e. The van der Waals surface area contributed by atoms with Gasteiger partial charge in [-0.1, -0.05) is 12.1 Å². The summed E-state index contributed by atoms with van der Waals surface area (Å²) in [4.78, 5) is 17.8. The first-order chi connectivity index (χ1) is 10.2. The largest absolute Gasteiger partial charge is 0.494 e. The highest BCUT2D eigenvalue weighted by molar-refractivity contribution is 5.95. The van der Waals surface area contributed by atoms with Crippen LogP contribution in [0.25, 0.3) is 10.9 Å². The molecule has 1 aliphatic rings. The molecule has 21 heavy (non-hydrogen) atoms. The highest BCUT2D eigenvalue weighted by Gasteiger charge is 2.26. The summed E-state index contributed by atoms with van der Waals surface area (Å²) in [6, 6.07) is 7.77. The Morgan fingerprint density at radius 2 is 2.29 bits per heavy atom. The number of carboxylic acid groups (broad SMARTS) is 1. The molecule has 0 bridgehead atoms. The third-order valence-corrected chi connectivity index (χ3v) is 4.04. The summed E-state index contributed by atoms with van der Waals surface area (Å²) < 4.78 is 5.35. The Kier molecular flexibility index (Phi) is 3.64. The van der Waals surface area contributed by atoms with Gasteiger partial charge >= 0.3 is 5.97 Å². The number of anilines is 1. The van der Waals surface area contributed by atoms with E-state index >= 15 is 0 Å². The third-order valence-electron chi connectivity index (χ3n) is 4.04. The molecule has 1 aromatic heterocycles. The molecular formula is C16H18N2O3. The lowest BCUT2D eigenvalue weighted by atomic mass is 9.97. The molecule has 110 valence electrons. The first-order valence-corrected chi connectivity index (χ1v) is 7.10. The monoisotopic (exact) mass is 286 g/mol. The first-order valence-electron chi connectivity index (χ1n) is 7.10. The number of para-hydroxylation sites is 1. The van der Waals surface area contributed by atoms with Gasteiger partial charge in [0.05, 0.1) is 13.0 Å². The van der Waals surface area contributed by atoms with Crippen LogP contribution < -0.4 is 9.64 Å². The molecule has 0 aliphatic carbocycles. The van der Waals surface area contributed by atoms with Crippen molar-refractivity contribution in [1.29, 1.82) is 0 Å². The number of aromatic nitrogens is 1. The van der Waals surface area contributed by atoms with E-state index < -0.39 is 5.97 Å². The zero-order valence-corrected chi connectivity index (χ0v) is 12.0. The molecule has 1 aliphatic heterocycles. The van der Waals surface area contributed by atoms with Crippen LogP contribution in [0.3, 0.4) is 0 Å². The number of nitrogens with zero attached hydrogens (tertiary/aromatic N) is 2. The van der Waals surface area contributed by atoms with E-state index in [1.807, 2.05) is 24.3 Å². The number of methoxy groups -OCH3 is 1. The average Bonchev–Trinajstić information content (AvgIpc) is 2.53. The SMILES string of the molecule is COc1cccc2c(N3CCCC(C(=O)O)C3)ccnc12. The van der Waals surface area contributed by atoms with Crippen LogP contribution in [-0.4, -0.2) is 36.3 Å². The maximum absolute atomic E-state index is 11.2. The second-order valence-electron chi connectivity index (χ2n) is 5.31. The topological polar surface area (TPSA) is 62.7 Å². The summed E-state index contributed by atoms with van der Waals surface area (Å²) in [5.74, 6) is -0.274. The quantitative estimate of drug-likeness (QED) is 0.939. The summed E-state index contributed by atoms with van der Waals surface area (Å²) in [5, 5.41) is 10.2. The molecule has 1 saturated heterocycles. The minimum atomic E-state index is -0.712. The van der Waals surface area contributed by atoms with Crippen LogP contribution in [0.15, 0.2) is 30.5 Å². The van der Waals surface area contributed by atoms with Gasteiger partial charge in [-0.25, -0.2) is 0 Å². The molecule has 0 amide bonds. The Morgan fingerprint density at radius 1 is 1.43 bits per heavy atom. The van der Waals surface area contributed by atoms with E-state index in [2.05, 4.69) is 9.88 Å². The molecule has 1 fully saturated rings. The number of carbonyl (C=O) groups is 1. The van der Waals surface area contributed by atoms with Gasteiger partial charge in [-0.15, -0.1) is 0 Å². The fourth-order valence-electron chi connectivity index (χ4n) is 2.97. The Hall–Kier alpha value is -2.30. The molecule has 3 rings (SSSR count). The molecule has 0 spiro atoms. The predicted octanol–water partition coefficient (Wildman–Crippen LogP) is 2.54. The number of aliphatic carboxylic acids is 1. The van der Waals surface area contributed by atoms with Crippen molar-refractivity contribution in [1.82, 2.24) is 4.98 Å². The van der Waals surface area contributed by atoms with Crippen LogP contribution in [0.5, 0.6) is 5.75 Å². The summed E-state index contributed by atoms with van der Waals surface area (Å²) >= 11 is 0. The van der Waals surface area contributed by atoms with Gasteiger partial charge in [-0.05, 0) is 25.0 Å². The molecular weight excluding hydrogens is 268 g/mol. The van der Waals surface area contributed by atoms with Crippen molar-refractivity contribution in [2.45, 2.75) is 12.8 Å². The van der Waals surface area contributed by atoms with Crippen molar-refractivity contribution >= 4 is 22.6 Å². The lowest BCUT2D eigenvalue weighted by Gasteiger charge is -2.33. The number of benzene rings is 1. The van der Waals surface area contributed by atoms with Gasteiger partial charge in [0, 0.05) is 30.4 Å². The van der Waals surface area contributed by atoms with E-state index in [9.17, 15) is 9.90 Å². The van der Waals surface area contributed by atoms with Gasteiger partial charge in [-0.2, -0.15) is 0 Å². The lowest BCUT2D eigenvalue weighted by molar-refractivity contribution is -0.141. The molecule has 1 unspecified atom stereocenters. The first kappa shape index (κ1) is 13.7. The highest BCUT2D eigenvalue weighted by Crippen LogP contribution is 2.33. The number of hydrogen-bond donors (Lipinski definition) is 1. The zero-order chi connectivity index (χ0) is 14.8. The van der Waals surface area contributed by atoms with Crippen LogP contribution in [0.4, 0.5) is 5.69 Å². The van der Waals surface area contributed by atoms with Crippen LogP contribution in [0, 0.1) is 5.92 Å². The standard InChI is InChI=1S/C16H18N2O3/c1-21-14-6-2-5-12-13(7-8-17-15(12)14)18-9-3-4-11(10-18)16(19)20/h2,5-8,11H,3-4,9-10H2,1H3,(H,19,20). The summed E-state index contributed by atoms with van der Waals surface area (Å²) in [6.07, 6.45) is 3.40. The number of ether oxygens (including phenoxy) is 1. The van der Waals surface area contributed by atoms with Gasteiger partial charge < -0.3 is 14.7 Å². The van der Waals surface area contributed by atoms with Crippen LogP contribution in [-0.2, 0) is 4.79 Å². The van der Waals surface area contributed by atoms with E-state index in [4.69, 9.17) is 4.74 Å². The zero-order valence-electron chi connectivity index (χ0n) is 12.0. The number of carboxylic acids is 1. The van der Waals surface area contributed by atoms with E-state index in [-0.39, 0.29) is 5.92 Å². The van der Waals surface area contributed by atoms with E-state index in [1.54, 1.807) is 13.3 Å². The molecule has 0 radical (unpaired) electrons. The van der Waals surface area contributed by atoms with Crippen LogP contribution in [0.2, 0.25) is 0 Å². The fraction of sp³-hybridized carbons (Fsp3) is 0.375. The van der Waals surface area contributed by atoms with E-state index in [1.165, 1.54) is 0 Å². The molecule has 2 aromatic rings. The molecule has 0 saturated carbocycles. The Bertz CT molecular complexity index is 672. The summed E-state index contributed by atoms with van der Waals surface area (Å²) in [7, 11) is 1.63. The molecule has 5 nitrogen and oxygen atoms in total. The highest BCUT2D eigenvalue weighted by atomic mass is 16.5. The molecule has 1 aromatic carbocycles. The second-order valence-corrected chi connectivity index (χ2v) is 5.31. The number of hydrogen-bond acceptors (Lipinski definition) is 4. The van der Waals surface area contributed by atoms with Gasteiger partial charge in [0.15, 0.2) is 0 Å². The van der Waals surface area contributed by atoms with E-state index in [0.717, 1.165) is 41.7 Å². The maximum Gasteiger partial charge on any atom is 0.308 e. The number of fused-ring (bicyclic) bond motifs is 1. The second kappa shape index (κ2) is 5.60. The maximum atomic E-state index is 11.2. The Balaban J connectivity index is 2.02. The van der Waals surface area contributed by atoms with Crippen molar-refractivity contribution in [3.8, 4) is 5.75 Å². The van der Waals surface area contributed by atoms with Crippen molar-refractivity contribution in [2.24, 2.45) is 5.92 Å². The van der Waals surface area contributed by atoms with Gasteiger partial charge in [0.1, 0.15) is 11.3 Å². The average molecular weight is 286 g/mol. The van der Waals surface area contributed by atoms with Crippen molar-refractivity contribution < 1.29 is 14.6 Å². The number of rotatable bonds is 3. The van der Waals surface area contributed by atoms with E-state index in [0.29, 0.717) is 6.54 Å². The predicted molar refractivity (Wildman–Crippen MR) is 80.9 cm³/mol. The van der Waals surface area contributed by atoms with Gasteiger partial charge in [0.25, 0.3) is 0 Å². The normalized spacial score (nSPS) is 18.7. The molecule has 1 N–H and O–H groups in total. The summed E-state index contributed by atoms with van der Waals surface area (Å²) in [5.41, 5.74) is 1.85. The fourth-order valence-corrected chi connectivity index (χ4v) is 2.97.